The van der Waals surface area contributed by atoms with Gasteiger partial charge in [0.25, 0.3) is 5.56 Å². The molecular weight excluding hydrogens is 352 g/mol. The molecule has 0 aliphatic rings. The number of amides is 1. The zero-order chi connectivity index (χ0) is 19.2. The highest BCUT2D eigenvalue weighted by molar-refractivity contribution is 5.70. The van der Waals surface area contributed by atoms with Gasteiger partial charge in [-0.3, -0.25) is 4.79 Å². The van der Waals surface area contributed by atoms with E-state index in [1.165, 1.54) is 31.8 Å². The molecule has 0 bridgehead atoms. The van der Waals surface area contributed by atoms with Gasteiger partial charge in [-0.1, -0.05) is 0 Å². The summed E-state index contributed by atoms with van der Waals surface area (Å²) in [4.78, 5) is 42.8. The first-order valence-corrected chi connectivity index (χ1v) is 7.91. The summed E-state index contributed by atoms with van der Waals surface area (Å²) < 4.78 is 10.2. The van der Waals surface area contributed by atoms with Crippen molar-refractivity contribution < 1.29 is 14.3 Å². The molecule has 138 valence electrons. The summed E-state index contributed by atoms with van der Waals surface area (Å²) in [6.07, 6.45) is 3.61. The van der Waals surface area contributed by atoms with Crippen LogP contribution >= 0.6 is 0 Å². The van der Waals surface area contributed by atoms with E-state index in [1.807, 2.05) is 0 Å². The molecule has 2 N–H and O–H groups in total. The number of aromatic amines is 1. The Morgan fingerprint density at radius 1 is 1.19 bits per heavy atom. The third-order valence-electron chi connectivity index (χ3n) is 3.49. The predicted molar refractivity (Wildman–Crippen MR) is 94.2 cm³/mol. The molecule has 0 fully saturated rings. The molecule has 3 aromatic rings. The van der Waals surface area contributed by atoms with Gasteiger partial charge in [-0.2, -0.15) is 0 Å². The van der Waals surface area contributed by atoms with Gasteiger partial charge < -0.3 is 19.8 Å². The maximum Gasteiger partial charge on any atom is 0.414 e. The summed E-state index contributed by atoms with van der Waals surface area (Å²) >= 11 is 0. The maximum atomic E-state index is 12.1. The summed E-state index contributed by atoms with van der Waals surface area (Å²) in [6.45, 7) is 1.66. The molecule has 3 heterocycles. The number of carbonyl (C=O) groups is 1. The van der Waals surface area contributed by atoms with Crippen LogP contribution < -0.4 is 20.3 Å². The van der Waals surface area contributed by atoms with Gasteiger partial charge in [0.2, 0.25) is 5.88 Å². The summed E-state index contributed by atoms with van der Waals surface area (Å²) in [7, 11) is 1.49. The molecule has 10 heteroatoms. The second kappa shape index (κ2) is 8.04. The van der Waals surface area contributed by atoms with E-state index in [0.717, 1.165) is 0 Å². The number of rotatable bonds is 5. The van der Waals surface area contributed by atoms with E-state index < -0.39 is 12.1 Å². The Labute approximate surface area is 153 Å². The SMILES string of the molecule is COc1ccnc(OC(=O)NC(C)c2nc(-c3ccncn3)cc(=O)[nH]2)c1. The molecule has 0 saturated heterocycles. The monoisotopic (exact) mass is 368 g/mol. The van der Waals surface area contributed by atoms with Gasteiger partial charge >= 0.3 is 6.09 Å². The normalized spacial score (nSPS) is 11.5. The Kier molecular flexibility index (Phi) is 5.36. The number of ether oxygens (including phenoxy) is 2. The van der Waals surface area contributed by atoms with Gasteiger partial charge in [0.05, 0.1) is 24.5 Å². The highest BCUT2D eigenvalue weighted by atomic mass is 16.6. The number of hydrogen-bond acceptors (Lipinski definition) is 8. The van der Waals surface area contributed by atoms with Gasteiger partial charge in [0.1, 0.15) is 17.9 Å². The van der Waals surface area contributed by atoms with Crippen molar-refractivity contribution in [2.75, 3.05) is 7.11 Å². The van der Waals surface area contributed by atoms with Gasteiger partial charge in [0.15, 0.2) is 0 Å². The molecular formula is C17H16N6O4. The highest BCUT2D eigenvalue weighted by Crippen LogP contribution is 2.17. The lowest BCUT2D eigenvalue weighted by Gasteiger charge is -2.13. The third-order valence-corrected chi connectivity index (χ3v) is 3.49. The maximum absolute atomic E-state index is 12.1. The Morgan fingerprint density at radius 3 is 2.78 bits per heavy atom. The van der Waals surface area contributed by atoms with Crippen molar-refractivity contribution in [3.63, 3.8) is 0 Å². The van der Waals surface area contributed by atoms with E-state index in [-0.39, 0.29) is 17.3 Å². The number of aromatic nitrogens is 5. The average Bonchev–Trinajstić information content (AvgIpc) is 2.68. The first-order chi connectivity index (χ1) is 13.0. The molecule has 1 amide bonds. The van der Waals surface area contributed by atoms with Crippen molar-refractivity contribution in [3.8, 4) is 23.0 Å². The van der Waals surface area contributed by atoms with Gasteiger partial charge in [-0.25, -0.2) is 24.7 Å². The lowest BCUT2D eigenvalue weighted by atomic mass is 10.2. The Balaban J connectivity index is 1.73. The minimum absolute atomic E-state index is 0.0789. The van der Waals surface area contributed by atoms with Crippen molar-refractivity contribution >= 4 is 6.09 Å². The van der Waals surface area contributed by atoms with Crippen LogP contribution in [0.15, 0.2) is 47.8 Å². The first kappa shape index (κ1) is 18.0. The number of carbonyl (C=O) groups excluding carboxylic acids is 1. The fourth-order valence-corrected chi connectivity index (χ4v) is 2.20. The highest BCUT2D eigenvalue weighted by Gasteiger charge is 2.16. The number of nitrogens with one attached hydrogen (secondary N) is 2. The third kappa shape index (κ3) is 4.63. The second-order valence-electron chi connectivity index (χ2n) is 5.40. The summed E-state index contributed by atoms with van der Waals surface area (Å²) in [5.74, 6) is 0.839. The molecule has 0 aliphatic carbocycles. The Hall–Kier alpha value is -3.82. The van der Waals surface area contributed by atoms with Gasteiger partial charge in [-0.15, -0.1) is 0 Å². The quantitative estimate of drug-likeness (QED) is 0.692. The smallest absolute Gasteiger partial charge is 0.414 e. The fraction of sp³-hybridized carbons (Fsp3) is 0.176. The molecule has 1 atom stereocenters. The molecule has 3 rings (SSSR count). The van der Waals surface area contributed by atoms with Crippen molar-refractivity contribution in [2.45, 2.75) is 13.0 Å². The van der Waals surface area contributed by atoms with Crippen LogP contribution in [0, 0.1) is 0 Å². The number of methoxy groups -OCH3 is 1. The molecule has 3 aromatic heterocycles. The summed E-state index contributed by atoms with van der Waals surface area (Å²) in [5.41, 5.74) is 0.491. The predicted octanol–water partition coefficient (Wildman–Crippen LogP) is 1.48. The number of H-pyrrole nitrogens is 1. The second-order valence-corrected chi connectivity index (χ2v) is 5.40. The summed E-state index contributed by atoms with van der Waals surface area (Å²) in [5, 5.41) is 2.58. The van der Waals surface area contributed by atoms with Crippen LogP contribution in [-0.2, 0) is 0 Å². The molecule has 10 nitrogen and oxygen atoms in total. The van der Waals surface area contributed by atoms with Crippen molar-refractivity contribution in [1.29, 1.82) is 0 Å². The number of pyridine rings is 1. The van der Waals surface area contributed by atoms with Crippen LogP contribution in [0.2, 0.25) is 0 Å². The van der Waals surface area contributed by atoms with E-state index >= 15 is 0 Å². The van der Waals surface area contributed by atoms with Crippen LogP contribution in [0.3, 0.4) is 0 Å². The van der Waals surface area contributed by atoms with Crippen molar-refractivity contribution in [3.05, 3.63) is 59.2 Å². The van der Waals surface area contributed by atoms with E-state index in [9.17, 15) is 9.59 Å². The zero-order valence-electron chi connectivity index (χ0n) is 14.5. The molecule has 27 heavy (non-hydrogen) atoms. The molecule has 1 unspecified atom stereocenters. The van der Waals surface area contributed by atoms with Gasteiger partial charge in [-0.05, 0) is 19.1 Å². The largest absolute Gasteiger partial charge is 0.497 e. The molecule has 0 aliphatic heterocycles. The lowest BCUT2D eigenvalue weighted by molar-refractivity contribution is 0.194. The van der Waals surface area contributed by atoms with Crippen molar-refractivity contribution in [1.82, 2.24) is 30.2 Å². The van der Waals surface area contributed by atoms with E-state index in [0.29, 0.717) is 17.1 Å². The number of hydrogen-bond donors (Lipinski definition) is 2. The van der Waals surface area contributed by atoms with E-state index in [4.69, 9.17) is 9.47 Å². The number of nitrogens with zero attached hydrogens (tertiary/aromatic N) is 4. The van der Waals surface area contributed by atoms with Crippen LogP contribution in [0.25, 0.3) is 11.4 Å². The van der Waals surface area contributed by atoms with E-state index in [1.54, 1.807) is 25.3 Å². The lowest BCUT2D eigenvalue weighted by Crippen LogP contribution is -2.32. The molecule has 0 spiro atoms. The molecule has 0 aromatic carbocycles. The van der Waals surface area contributed by atoms with Crippen LogP contribution in [0.4, 0.5) is 4.79 Å². The zero-order valence-corrected chi connectivity index (χ0v) is 14.5. The summed E-state index contributed by atoms with van der Waals surface area (Å²) in [6, 6.07) is 5.42. The Morgan fingerprint density at radius 2 is 2.04 bits per heavy atom. The standard InChI is InChI=1S/C17H16N6O4/c1-10(21-17(25)27-15-7-11(26-2)3-6-19-15)16-22-13(8-14(24)23-16)12-4-5-18-9-20-12/h3-10H,1-2H3,(H,21,25)(H,22,23,24). The average molecular weight is 368 g/mol. The topological polar surface area (TPSA) is 132 Å². The fourth-order valence-electron chi connectivity index (χ4n) is 2.20. The molecule has 0 saturated carbocycles. The van der Waals surface area contributed by atoms with Crippen LogP contribution in [0.5, 0.6) is 11.6 Å². The Bertz CT molecular complexity index is 992. The van der Waals surface area contributed by atoms with Crippen LogP contribution in [0.1, 0.15) is 18.8 Å². The van der Waals surface area contributed by atoms with Gasteiger partial charge in [0, 0.05) is 24.5 Å². The molecule has 0 radical (unpaired) electrons. The van der Waals surface area contributed by atoms with Crippen molar-refractivity contribution in [2.24, 2.45) is 0 Å². The first-order valence-electron chi connectivity index (χ1n) is 7.91. The minimum Gasteiger partial charge on any atom is -0.497 e. The van der Waals surface area contributed by atoms with E-state index in [2.05, 4.69) is 30.2 Å². The van der Waals surface area contributed by atoms with Crippen LogP contribution in [-0.4, -0.2) is 38.1 Å². The minimum atomic E-state index is -0.752.